The number of nitrogens with two attached hydrogens (primary N) is 1. The van der Waals surface area contributed by atoms with Crippen LogP contribution in [0.2, 0.25) is 0 Å². The maximum absolute atomic E-state index is 9.22. The fraction of sp³-hybridized carbons (Fsp3) is 0.571. The summed E-state index contributed by atoms with van der Waals surface area (Å²) in [6.45, 7) is 7.15. The molecule has 17 heavy (non-hydrogen) atoms. The van der Waals surface area contributed by atoms with Gasteiger partial charge in [-0.2, -0.15) is 0 Å². The molecule has 0 atom stereocenters. The Morgan fingerprint density at radius 3 is 2.47 bits per heavy atom. The van der Waals surface area contributed by atoms with Crippen molar-refractivity contribution in [3.8, 4) is 0 Å². The van der Waals surface area contributed by atoms with E-state index in [1.54, 1.807) is 0 Å². The molecule has 1 aromatic carbocycles. The highest BCUT2D eigenvalue weighted by atomic mass is 16.3. The highest BCUT2D eigenvalue weighted by molar-refractivity contribution is 5.71. The lowest BCUT2D eigenvalue weighted by Crippen LogP contribution is -2.37. The van der Waals surface area contributed by atoms with E-state index >= 15 is 0 Å². The van der Waals surface area contributed by atoms with E-state index < -0.39 is 0 Å². The van der Waals surface area contributed by atoms with E-state index in [1.165, 1.54) is 0 Å². The van der Waals surface area contributed by atoms with Crippen LogP contribution in [0.15, 0.2) is 18.2 Å². The van der Waals surface area contributed by atoms with Crippen LogP contribution in [0.5, 0.6) is 0 Å². The molecule has 1 aromatic rings. The third-order valence-electron chi connectivity index (χ3n) is 3.33. The Bertz CT molecular complexity index is 348. The lowest BCUT2D eigenvalue weighted by molar-refractivity contribution is 0.296. The van der Waals surface area contributed by atoms with E-state index in [0.717, 1.165) is 29.8 Å². The summed E-state index contributed by atoms with van der Waals surface area (Å²) in [5.41, 5.74) is 9.11. The average molecular weight is 236 g/mol. The molecular formula is C14H24N2O. The van der Waals surface area contributed by atoms with Crippen LogP contribution in [-0.4, -0.2) is 24.3 Å². The van der Waals surface area contributed by atoms with E-state index in [0.29, 0.717) is 12.6 Å². The summed E-state index contributed by atoms with van der Waals surface area (Å²) in [7, 11) is 0. The second-order valence-electron chi connectivity index (χ2n) is 4.40. The average Bonchev–Trinajstić information content (AvgIpc) is 2.33. The molecule has 0 aromatic heterocycles. The summed E-state index contributed by atoms with van der Waals surface area (Å²) in [6, 6.07) is 6.51. The highest BCUT2D eigenvalue weighted by Crippen LogP contribution is 2.29. The Kier molecular flexibility index (Phi) is 5.29. The second kappa shape index (κ2) is 6.50. The molecule has 0 aliphatic heterocycles. The van der Waals surface area contributed by atoms with Gasteiger partial charge < -0.3 is 15.7 Å². The predicted molar refractivity (Wildman–Crippen MR) is 74.4 cm³/mol. The van der Waals surface area contributed by atoms with Crippen molar-refractivity contribution in [2.45, 2.75) is 39.7 Å². The standard InChI is InChI=1S/C14H24N2O/c1-4-12(5-2)16(9-10-17)13-8-6-7-11(3)14(13)15/h6-8,12,17H,4-5,9-10,15H2,1-3H3. The van der Waals surface area contributed by atoms with Crippen molar-refractivity contribution in [1.29, 1.82) is 0 Å². The van der Waals surface area contributed by atoms with Crippen LogP contribution in [0.4, 0.5) is 11.4 Å². The van der Waals surface area contributed by atoms with Gasteiger partial charge in [0.15, 0.2) is 0 Å². The Labute approximate surface area is 104 Å². The minimum atomic E-state index is 0.157. The molecule has 0 heterocycles. The van der Waals surface area contributed by atoms with Crippen molar-refractivity contribution < 1.29 is 5.11 Å². The fourth-order valence-electron chi connectivity index (χ4n) is 2.25. The van der Waals surface area contributed by atoms with Gasteiger partial charge in [0.05, 0.1) is 18.0 Å². The van der Waals surface area contributed by atoms with Crippen molar-refractivity contribution in [3.05, 3.63) is 23.8 Å². The number of rotatable bonds is 6. The SMILES string of the molecule is CCC(CC)N(CCO)c1cccc(C)c1N. The normalized spacial score (nSPS) is 10.9. The van der Waals surface area contributed by atoms with Gasteiger partial charge in [-0.3, -0.25) is 0 Å². The number of aryl methyl sites for hydroxylation is 1. The van der Waals surface area contributed by atoms with Gasteiger partial charge in [0.2, 0.25) is 0 Å². The molecule has 0 bridgehead atoms. The monoisotopic (exact) mass is 236 g/mol. The van der Waals surface area contributed by atoms with Crippen molar-refractivity contribution in [2.24, 2.45) is 0 Å². The molecule has 0 aliphatic carbocycles. The van der Waals surface area contributed by atoms with E-state index in [2.05, 4.69) is 18.7 Å². The second-order valence-corrected chi connectivity index (χ2v) is 4.40. The topological polar surface area (TPSA) is 49.5 Å². The largest absolute Gasteiger partial charge is 0.397 e. The number of hydrogen-bond acceptors (Lipinski definition) is 3. The Morgan fingerprint density at radius 1 is 1.29 bits per heavy atom. The van der Waals surface area contributed by atoms with Gasteiger partial charge in [0.25, 0.3) is 0 Å². The molecule has 0 radical (unpaired) electrons. The molecule has 96 valence electrons. The molecule has 3 heteroatoms. The van der Waals surface area contributed by atoms with Crippen LogP contribution < -0.4 is 10.6 Å². The van der Waals surface area contributed by atoms with Gasteiger partial charge in [-0.1, -0.05) is 26.0 Å². The predicted octanol–water partition coefficient (Wildman–Crippen LogP) is 2.56. The first-order valence-electron chi connectivity index (χ1n) is 6.38. The van der Waals surface area contributed by atoms with Crippen LogP contribution in [0.1, 0.15) is 32.3 Å². The maximum Gasteiger partial charge on any atom is 0.0606 e. The van der Waals surface area contributed by atoms with Gasteiger partial charge in [-0.25, -0.2) is 0 Å². The van der Waals surface area contributed by atoms with Gasteiger partial charge in [0, 0.05) is 12.6 Å². The van der Waals surface area contributed by atoms with Crippen molar-refractivity contribution in [3.63, 3.8) is 0 Å². The molecule has 1 rings (SSSR count). The van der Waals surface area contributed by atoms with Crippen LogP contribution in [-0.2, 0) is 0 Å². The maximum atomic E-state index is 9.22. The molecule has 0 aliphatic rings. The summed E-state index contributed by atoms with van der Waals surface area (Å²) in [5.74, 6) is 0. The van der Waals surface area contributed by atoms with Crippen molar-refractivity contribution >= 4 is 11.4 Å². The molecule has 0 fully saturated rings. The number of anilines is 2. The molecule has 0 amide bonds. The van der Waals surface area contributed by atoms with Crippen LogP contribution in [0, 0.1) is 6.92 Å². The van der Waals surface area contributed by atoms with E-state index in [-0.39, 0.29) is 6.61 Å². The smallest absolute Gasteiger partial charge is 0.0606 e. The van der Waals surface area contributed by atoms with Crippen molar-refractivity contribution in [2.75, 3.05) is 23.8 Å². The molecule has 0 spiro atoms. The number of benzene rings is 1. The quantitative estimate of drug-likeness (QED) is 0.746. The zero-order valence-corrected chi connectivity index (χ0v) is 11.1. The number of aliphatic hydroxyl groups excluding tert-OH is 1. The summed E-state index contributed by atoms with van der Waals surface area (Å²) in [4.78, 5) is 2.22. The van der Waals surface area contributed by atoms with Crippen molar-refractivity contribution in [1.82, 2.24) is 0 Å². The first-order valence-corrected chi connectivity index (χ1v) is 6.38. The number of nitrogens with zero attached hydrogens (tertiary/aromatic N) is 1. The van der Waals surface area contributed by atoms with E-state index in [4.69, 9.17) is 5.73 Å². The fourth-order valence-corrected chi connectivity index (χ4v) is 2.25. The van der Waals surface area contributed by atoms with Crippen LogP contribution in [0.3, 0.4) is 0 Å². The van der Waals surface area contributed by atoms with Gasteiger partial charge in [-0.05, 0) is 31.4 Å². The molecule has 0 saturated carbocycles. The lowest BCUT2D eigenvalue weighted by Gasteiger charge is -2.33. The zero-order valence-electron chi connectivity index (χ0n) is 11.1. The summed E-state index contributed by atoms with van der Waals surface area (Å²) >= 11 is 0. The van der Waals surface area contributed by atoms with Gasteiger partial charge in [-0.15, -0.1) is 0 Å². The first kappa shape index (κ1) is 13.8. The number of hydrogen-bond donors (Lipinski definition) is 2. The molecule has 0 unspecified atom stereocenters. The van der Waals surface area contributed by atoms with Crippen LogP contribution in [0.25, 0.3) is 0 Å². The van der Waals surface area contributed by atoms with E-state index in [1.807, 2.05) is 25.1 Å². The first-order chi connectivity index (χ1) is 8.15. The third kappa shape index (κ3) is 3.13. The Morgan fingerprint density at radius 2 is 1.94 bits per heavy atom. The molecule has 3 N–H and O–H groups in total. The van der Waals surface area contributed by atoms with E-state index in [9.17, 15) is 5.11 Å². The summed E-state index contributed by atoms with van der Waals surface area (Å²) in [5, 5.41) is 9.22. The summed E-state index contributed by atoms with van der Waals surface area (Å²) < 4.78 is 0. The Hall–Kier alpha value is -1.22. The highest BCUT2D eigenvalue weighted by Gasteiger charge is 2.17. The minimum Gasteiger partial charge on any atom is -0.397 e. The van der Waals surface area contributed by atoms with Gasteiger partial charge in [0.1, 0.15) is 0 Å². The zero-order chi connectivity index (χ0) is 12.8. The Balaban J connectivity index is 3.08. The minimum absolute atomic E-state index is 0.157. The number of aliphatic hydroxyl groups is 1. The third-order valence-corrected chi connectivity index (χ3v) is 3.33. The molecule has 0 saturated heterocycles. The lowest BCUT2D eigenvalue weighted by atomic mass is 10.1. The van der Waals surface area contributed by atoms with Crippen LogP contribution >= 0.6 is 0 Å². The number of para-hydroxylation sites is 1. The van der Waals surface area contributed by atoms with Gasteiger partial charge >= 0.3 is 0 Å². The molecular weight excluding hydrogens is 212 g/mol. The molecule has 3 nitrogen and oxygen atoms in total. The summed E-state index contributed by atoms with van der Waals surface area (Å²) in [6.07, 6.45) is 2.12. The number of nitrogen functional groups attached to an aromatic ring is 1.